The third kappa shape index (κ3) is 2.72. The summed E-state index contributed by atoms with van der Waals surface area (Å²) in [6.07, 6.45) is -0.245. The van der Waals surface area contributed by atoms with E-state index >= 15 is 4.39 Å². The topological polar surface area (TPSA) is 72.2 Å². The number of sulfone groups is 1. The molecule has 1 aliphatic heterocycles. The van der Waals surface area contributed by atoms with Crippen LogP contribution in [0.15, 0.2) is 21.4 Å². The fraction of sp³-hybridized carbons (Fsp3) is 0.562. The molecule has 0 amide bonds. The molecule has 132 valence electrons. The Hall–Kier alpha value is -1.18. The Kier molecular flexibility index (Phi) is 4.17. The zero-order valence-electron chi connectivity index (χ0n) is 13.8. The molecule has 1 aromatic carbocycles. The molecule has 2 aromatic rings. The maximum Gasteiger partial charge on any atom is 0.218 e. The van der Waals surface area contributed by atoms with Crippen molar-refractivity contribution in [1.82, 2.24) is 10.3 Å². The molecule has 3 rings (SSSR count). The Labute approximate surface area is 145 Å². The van der Waals surface area contributed by atoms with Gasteiger partial charge in [0.1, 0.15) is 10.4 Å². The monoisotopic (exact) mass is 374 g/mol. The maximum absolute atomic E-state index is 15.2. The average Bonchev–Trinajstić information content (AvgIpc) is 2.91. The second-order valence-corrected chi connectivity index (χ2v) is 9.68. The Morgan fingerprint density at radius 2 is 1.92 bits per heavy atom. The predicted molar refractivity (Wildman–Crippen MR) is 90.8 cm³/mol. The minimum Gasteiger partial charge on any atom is -0.439 e. The molecule has 0 radical (unpaired) electrons. The number of aromatic nitrogens is 1. The molecule has 8 heteroatoms. The lowest BCUT2D eigenvalue weighted by atomic mass is 9.97. The van der Waals surface area contributed by atoms with Crippen LogP contribution < -0.4 is 5.32 Å². The lowest BCUT2D eigenvalue weighted by Gasteiger charge is -2.29. The first-order valence-corrected chi connectivity index (χ1v) is 9.66. The fourth-order valence-electron chi connectivity index (χ4n) is 2.77. The van der Waals surface area contributed by atoms with Crippen molar-refractivity contribution in [2.75, 3.05) is 13.1 Å². The number of fused-ring (bicyclic) bond motifs is 1. The first kappa shape index (κ1) is 17.6. The van der Waals surface area contributed by atoms with Crippen molar-refractivity contribution in [1.29, 1.82) is 0 Å². The van der Waals surface area contributed by atoms with Crippen molar-refractivity contribution in [3.05, 3.63) is 23.0 Å². The van der Waals surface area contributed by atoms with Crippen molar-refractivity contribution < 1.29 is 17.2 Å². The Morgan fingerprint density at radius 3 is 2.50 bits per heavy atom. The highest BCUT2D eigenvalue weighted by Gasteiger charge is 2.48. The van der Waals surface area contributed by atoms with Crippen molar-refractivity contribution >= 4 is 32.5 Å². The molecule has 0 saturated carbocycles. The van der Waals surface area contributed by atoms with Gasteiger partial charge < -0.3 is 9.73 Å². The van der Waals surface area contributed by atoms with Crippen molar-refractivity contribution in [3.63, 3.8) is 0 Å². The number of nitrogens with one attached hydrogen (secondary N) is 1. The first-order chi connectivity index (χ1) is 11.1. The molecular weight excluding hydrogens is 355 g/mol. The van der Waals surface area contributed by atoms with Gasteiger partial charge in [-0.1, -0.05) is 32.4 Å². The number of hydrogen-bond donors (Lipinski definition) is 1. The smallest absolute Gasteiger partial charge is 0.218 e. The van der Waals surface area contributed by atoms with Gasteiger partial charge in [-0.05, 0) is 25.2 Å². The van der Waals surface area contributed by atoms with Crippen LogP contribution in [0.5, 0.6) is 0 Å². The molecule has 0 unspecified atom stereocenters. The number of hydrogen-bond acceptors (Lipinski definition) is 5. The van der Waals surface area contributed by atoms with Gasteiger partial charge in [-0.15, -0.1) is 0 Å². The summed E-state index contributed by atoms with van der Waals surface area (Å²) < 4.78 is 47.0. The van der Waals surface area contributed by atoms with Crippen molar-refractivity contribution in [2.45, 2.75) is 48.9 Å². The maximum atomic E-state index is 15.2. The summed E-state index contributed by atoms with van der Waals surface area (Å²) in [7, 11) is -4.32. The minimum absolute atomic E-state index is 0.0305. The Balaban J connectivity index is 2.25. The van der Waals surface area contributed by atoms with Gasteiger partial charge in [0, 0.05) is 18.3 Å². The number of nitrogens with zero attached hydrogens (tertiary/aromatic N) is 1. The SMILES string of the molecule is CC(C)(C)c1nc2ccc(Cl)c(S(=O)(=O)C3(F)CCNCC3)c2o1. The van der Waals surface area contributed by atoms with E-state index in [1.54, 1.807) is 6.07 Å². The van der Waals surface area contributed by atoms with E-state index in [4.69, 9.17) is 16.0 Å². The molecule has 0 bridgehead atoms. The molecule has 5 nitrogen and oxygen atoms in total. The molecule has 1 aromatic heterocycles. The zero-order valence-corrected chi connectivity index (χ0v) is 15.4. The van der Waals surface area contributed by atoms with Crippen LogP contribution in [0, 0.1) is 0 Å². The molecule has 2 heterocycles. The quantitative estimate of drug-likeness (QED) is 0.869. The van der Waals surface area contributed by atoms with Crippen LogP contribution in [0.2, 0.25) is 5.02 Å². The van der Waals surface area contributed by atoms with E-state index in [0.29, 0.717) is 24.5 Å². The molecular formula is C16H20ClFN2O3S. The zero-order chi connectivity index (χ0) is 17.8. The largest absolute Gasteiger partial charge is 0.439 e. The van der Waals surface area contributed by atoms with Crippen LogP contribution >= 0.6 is 11.6 Å². The third-order valence-electron chi connectivity index (χ3n) is 4.21. The van der Waals surface area contributed by atoms with E-state index in [-0.39, 0.29) is 28.3 Å². The van der Waals surface area contributed by atoms with E-state index in [9.17, 15) is 8.42 Å². The van der Waals surface area contributed by atoms with E-state index in [1.165, 1.54) is 6.07 Å². The number of alkyl halides is 1. The summed E-state index contributed by atoms with van der Waals surface area (Å²) in [4.78, 5) is 4.05. The average molecular weight is 375 g/mol. The fourth-order valence-corrected chi connectivity index (χ4v) is 5.04. The van der Waals surface area contributed by atoms with Crippen LogP contribution in [0.4, 0.5) is 4.39 Å². The van der Waals surface area contributed by atoms with Crippen LogP contribution in [-0.2, 0) is 15.3 Å². The molecule has 1 fully saturated rings. The van der Waals surface area contributed by atoms with Crippen LogP contribution in [-0.4, -0.2) is 31.5 Å². The second kappa shape index (κ2) is 5.68. The number of benzene rings is 1. The summed E-state index contributed by atoms with van der Waals surface area (Å²) in [6, 6.07) is 3.01. The van der Waals surface area contributed by atoms with E-state index in [2.05, 4.69) is 10.3 Å². The lowest BCUT2D eigenvalue weighted by molar-refractivity contribution is 0.206. The number of oxazole rings is 1. The Morgan fingerprint density at radius 1 is 1.29 bits per heavy atom. The molecule has 1 aliphatic rings. The first-order valence-electron chi connectivity index (χ1n) is 7.80. The lowest BCUT2D eigenvalue weighted by Crippen LogP contribution is -2.44. The summed E-state index contributed by atoms with van der Waals surface area (Å²) in [5.74, 6) is 0.384. The van der Waals surface area contributed by atoms with E-state index in [1.807, 2.05) is 20.8 Å². The highest BCUT2D eigenvalue weighted by molar-refractivity contribution is 7.93. The summed E-state index contributed by atoms with van der Waals surface area (Å²) in [5, 5.41) is 0.563. The normalized spacial score (nSPS) is 18.9. The molecule has 0 aliphatic carbocycles. The Bertz CT molecular complexity index is 881. The third-order valence-corrected chi connectivity index (χ3v) is 6.95. The van der Waals surface area contributed by atoms with Crippen molar-refractivity contribution in [3.8, 4) is 0 Å². The van der Waals surface area contributed by atoms with Gasteiger partial charge in [-0.2, -0.15) is 0 Å². The minimum atomic E-state index is -4.32. The number of halogens is 2. The number of rotatable bonds is 2. The standard InChI is InChI=1S/C16H20ClFN2O3S/c1-15(2,3)14-20-11-5-4-10(17)13(12(11)23-14)24(21,22)16(18)6-8-19-9-7-16/h4-5,19H,6-9H2,1-3H3. The molecule has 1 N–H and O–H groups in total. The second-order valence-electron chi connectivity index (χ2n) is 7.13. The van der Waals surface area contributed by atoms with Crippen LogP contribution in [0.25, 0.3) is 11.1 Å². The summed E-state index contributed by atoms with van der Waals surface area (Å²) >= 11 is 6.14. The van der Waals surface area contributed by atoms with Gasteiger partial charge in [0.25, 0.3) is 0 Å². The highest BCUT2D eigenvalue weighted by Crippen LogP contribution is 2.42. The van der Waals surface area contributed by atoms with Gasteiger partial charge in [-0.25, -0.2) is 17.8 Å². The molecule has 24 heavy (non-hydrogen) atoms. The molecule has 0 spiro atoms. The van der Waals surface area contributed by atoms with E-state index < -0.39 is 20.3 Å². The number of piperidine rings is 1. The van der Waals surface area contributed by atoms with Gasteiger partial charge >= 0.3 is 0 Å². The van der Waals surface area contributed by atoms with Crippen LogP contribution in [0.1, 0.15) is 39.5 Å². The van der Waals surface area contributed by atoms with Crippen molar-refractivity contribution in [2.24, 2.45) is 0 Å². The summed E-state index contributed by atoms with van der Waals surface area (Å²) in [6.45, 7) is 6.30. The summed E-state index contributed by atoms with van der Waals surface area (Å²) in [5.41, 5.74) is -0.0160. The van der Waals surface area contributed by atoms with Crippen LogP contribution in [0.3, 0.4) is 0 Å². The molecule has 1 saturated heterocycles. The van der Waals surface area contributed by atoms with E-state index in [0.717, 1.165) is 0 Å². The van der Waals surface area contributed by atoms with Gasteiger partial charge in [-0.3, -0.25) is 0 Å². The van der Waals surface area contributed by atoms with Gasteiger partial charge in [0.15, 0.2) is 5.58 Å². The molecule has 0 atom stereocenters. The highest BCUT2D eigenvalue weighted by atomic mass is 35.5. The van der Waals surface area contributed by atoms with Gasteiger partial charge in [0.2, 0.25) is 20.7 Å². The van der Waals surface area contributed by atoms with Gasteiger partial charge in [0.05, 0.1) is 5.02 Å². The predicted octanol–water partition coefficient (Wildman–Crippen LogP) is 3.60.